The lowest BCUT2D eigenvalue weighted by molar-refractivity contribution is -0.132. The Balaban J connectivity index is 1.94. The molecule has 1 N–H and O–H groups in total. The van der Waals surface area contributed by atoms with Gasteiger partial charge in [-0.25, -0.2) is 0 Å². The Bertz CT molecular complexity index is 720. The second kappa shape index (κ2) is 8.71. The van der Waals surface area contributed by atoms with Gasteiger partial charge in [-0.1, -0.05) is 47.5 Å². The number of halogens is 2. The molecule has 4 nitrogen and oxygen atoms in total. The average molecular weight is 365 g/mol. The Morgan fingerprint density at radius 3 is 2.42 bits per heavy atom. The summed E-state index contributed by atoms with van der Waals surface area (Å²) < 4.78 is 0. The fourth-order valence-electron chi connectivity index (χ4n) is 2.22. The second-order valence-corrected chi connectivity index (χ2v) is 6.18. The summed E-state index contributed by atoms with van der Waals surface area (Å²) in [6, 6.07) is 14.4. The van der Waals surface area contributed by atoms with Crippen molar-refractivity contribution < 1.29 is 9.59 Å². The van der Waals surface area contributed by atoms with Gasteiger partial charge >= 0.3 is 0 Å². The van der Waals surface area contributed by atoms with Crippen molar-refractivity contribution in [3.8, 4) is 0 Å². The van der Waals surface area contributed by atoms with E-state index in [0.29, 0.717) is 28.7 Å². The van der Waals surface area contributed by atoms with E-state index in [2.05, 4.69) is 5.32 Å². The van der Waals surface area contributed by atoms with Crippen molar-refractivity contribution in [1.29, 1.82) is 0 Å². The van der Waals surface area contributed by atoms with Crippen molar-refractivity contribution in [1.82, 2.24) is 4.90 Å². The number of hydrogen-bond acceptors (Lipinski definition) is 2. The summed E-state index contributed by atoms with van der Waals surface area (Å²) in [7, 11) is 0. The van der Waals surface area contributed by atoms with Gasteiger partial charge in [-0.05, 0) is 36.2 Å². The average Bonchev–Trinajstić information content (AvgIpc) is 2.53. The summed E-state index contributed by atoms with van der Waals surface area (Å²) in [5.41, 5.74) is 1.59. The van der Waals surface area contributed by atoms with Crippen LogP contribution in [0.5, 0.6) is 0 Å². The smallest absolute Gasteiger partial charge is 0.243 e. The molecule has 0 aliphatic heterocycles. The molecule has 6 heteroatoms. The number of nitrogens with one attached hydrogen (secondary N) is 1. The van der Waals surface area contributed by atoms with Crippen LogP contribution in [0, 0.1) is 0 Å². The Kier molecular flexibility index (Phi) is 6.64. The third-order valence-corrected chi connectivity index (χ3v) is 4.09. The Morgan fingerprint density at radius 1 is 1.08 bits per heavy atom. The minimum atomic E-state index is -0.237. The molecule has 2 amide bonds. The highest BCUT2D eigenvalue weighted by molar-refractivity contribution is 6.35. The predicted octanol–water partition coefficient (Wildman–Crippen LogP) is 4.02. The molecule has 0 aliphatic carbocycles. The highest BCUT2D eigenvalue weighted by atomic mass is 35.5. The van der Waals surface area contributed by atoms with Gasteiger partial charge in [0.05, 0.1) is 6.54 Å². The van der Waals surface area contributed by atoms with Crippen molar-refractivity contribution in [3.05, 3.63) is 64.1 Å². The predicted molar refractivity (Wildman–Crippen MR) is 97.5 cm³/mol. The van der Waals surface area contributed by atoms with Gasteiger partial charge in [0.15, 0.2) is 0 Å². The quantitative estimate of drug-likeness (QED) is 0.841. The van der Waals surface area contributed by atoms with E-state index in [1.54, 1.807) is 24.3 Å². The van der Waals surface area contributed by atoms with Gasteiger partial charge in [-0.3, -0.25) is 9.59 Å². The van der Waals surface area contributed by atoms with Gasteiger partial charge in [0.2, 0.25) is 11.8 Å². The molecule has 2 rings (SSSR count). The molecule has 0 bridgehead atoms. The summed E-state index contributed by atoms with van der Waals surface area (Å²) >= 11 is 12.0. The standard InChI is InChI=1S/C18H18Cl2N2O2/c1-13(23)22(10-9-14-7-8-15(19)11-17(14)20)12-18(24)21-16-5-3-2-4-6-16/h2-8,11H,9-10,12H2,1H3,(H,21,24). The van der Waals surface area contributed by atoms with Crippen LogP contribution in [0.1, 0.15) is 12.5 Å². The summed E-state index contributed by atoms with van der Waals surface area (Å²) in [4.78, 5) is 25.4. The molecule has 0 radical (unpaired) electrons. The van der Waals surface area contributed by atoms with E-state index in [1.807, 2.05) is 24.3 Å². The lowest BCUT2D eigenvalue weighted by atomic mass is 10.1. The van der Waals surface area contributed by atoms with Gasteiger partial charge in [0.25, 0.3) is 0 Å². The first-order chi connectivity index (χ1) is 11.5. The first-order valence-corrected chi connectivity index (χ1v) is 8.25. The van der Waals surface area contributed by atoms with Crippen LogP contribution in [0.3, 0.4) is 0 Å². The number of hydrogen-bond donors (Lipinski definition) is 1. The first kappa shape index (κ1) is 18.3. The molecule has 0 saturated heterocycles. The van der Waals surface area contributed by atoms with Crippen LogP contribution >= 0.6 is 23.2 Å². The maximum absolute atomic E-state index is 12.1. The SMILES string of the molecule is CC(=O)N(CCc1ccc(Cl)cc1Cl)CC(=O)Nc1ccccc1. The van der Waals surface area contributed by atoms with E-state index < -0.39 is 0 Å². The molecule has 2 aromatic carbocycles. The van der Waals surface area contributed by atoms with Gasteiger partial charge in [-0.2, -0.15) is 0 Å². The molecule has 0 aliphatic rings. The molecule has 0 unspecified atom stereocenters. The van der Waals surface area contributed by atoms with E-state index in [9.17, 15) is 9.59 Å². The largest absolute Gasteiger partial charge is 0.333 e. The van der Waals surface area contributed by atoms with Gasteiger partial charge < -0.3 is 10.2 Å². The van der Waals surface area contributed by atoms with Crippen molar-refractivity contribution in [2.45, 2.75) is 13.3 Å². The van der Waals surface area contributed by atoms with Crippen LogP contribution < -0.4 is 5.32 Å². The zero-order chi connectivity index (χ0) is 17.5. The molecule has 2 aromatic rings. The fraction of sp³-hybridized carbons (Fsp3) is 0.222. The Hall–Kier alpha value is -2.04. The minimum Gasteiger partial charge on any atom is -0.333 e. The van der Waals surface area contributed by atoms with Crippen molar-refractivity contribution in [3.63, 3.8) is 0 Å². The summed E-state index contributed by atoms with van der Waals surface area (Å²) in [5, 5.41) is 3.89. The maximum Gasteiger partial charge on any atom is 0.243 e. The molecule has 0 aromatic heterocycles. The number of nitrogens with zero attached hydrogens (tertiary/aromatic N) is 1. The lowest BCUT2D eigenvalue weighted by Crippen LogP contribution is -2.38. The molecular weight excluding hydrogens is 347 g/mol. The number of rotatable bonds is 6. The number of carbonyl (C=O) groups is 2. The van der Waals surface area contributed by atoms with Crippen molar-refractivity contribution in [2.24, 2.45) is 0 Å². The lowest BCUT2D eigenvalue weighted by Gasteiger charge is -2.21. The van der Waals surface area contributed by atoms with Crippen LogP contribution in [0.2, 0.25) is 10.0 Å². The molecular formula is C18H18Cl2N2O2. The van der Waals surface area contributed by atoms with Crippen molar-refractivity contribution >= 4 is 40.7 Å². The van der Waals surface area contributed by atoms with Gasteiger partial charge in [0, 0.05) is 29.2 Å². The van der Waals surface area contributed by atoms with E-state index >= 15 is 0 Å². The van der Waals surface area contributed by atoms with Crippen LogP contribution in [0.15, 0.2) is 48.5 Å². The zero-order valence-corrected chi connectivity index (χ0v) is 14.8. The molecule has 0 heterocycles. The highest BCUT2D eigenvalue weighted by Gasteiger charge is 2.14. The minimum absolute atomic E-state index is 0.00453. The summed E-state index contributed by atoms with van der Waals surface area (Å²) in [5.74, 6) is -0.401. The molecule has 0 atom stereocenters. The molecule has 0 spiro atoms. The Labute approximate surface area is 151 Å². The zero-order valence-electron chi connectivity index (χ0n) is 13.3. The molecule has 0 fully saturated rings. The number of benzene rings is 2. The normalized spacial score (nSPS) is 10.3. The van der Waals surface area contributed by atoms with E-state index in [1.165, 1.54) is 11.8 Å². The number of carbonyl (C=O) groups excluding carboxylic acids is 2. The molecule has 126 valence electrons. The fourth-order valence-corrected chi connectivity index (χ4v) is 2.73. The van der Waals surface area contributed by atoms with Gasteiger partial charge in [0.1, 0.15) is 0 Å². The van der Waals surface area contributed by atoms with E-state index in [4.69, 9.17) is 23.2 Å². The molecule has 24 heavy (non-hydrogen) atoms. The van der Waals surface area contributed by atoms with E-state index in [0.717, 1.165) is 5.56 Å². The van der Waals surface area contributed by atoms with E-state index in [-0.39, 0.29) is 18.4 Å². The monoisotopic (exact) mass is 364 g/mol. The first-order valence-electron chi connectivity index (χ1n) is 7.50. The number of amides is 2. The van der Waals surface area contributed by atoms with Gasteiger partial charge in [-0.15, -0.1) is 0 Å². The molecule has 0 saturated carbocycles. The third kappa shape index (κ3) is 5.55. The second-order valence-electron chi connectivity index (χ2n) is 5.34. The van der Waals surface area contributed by atoms with Crippen molar-refractivity contribution in [2.75, 3.05) is 18.4 Å². The topological polar surface area (TPSA) is 49.4 Å². The van der Waals surface area contributed by atoms with Crippen LogP contribution in [-0.4, -0.2) is 29.8 Å². The maximum atomic E-state index is 12.1. The third-order valence-electron chi connectivity index (χ3n) is 3.50. The summed E-state index contributed by atoms with van der Waals surface area (Å²) in [6.45, 7) is 1.84. The van der Waals surface area contributed by atoms with Crippen LogP contribution in [-0.2, 0) is 16.0 Å². The van der Waals surface area contributed by atoms with Crippen LogP contribution in [0.25, 0.3) is 0 Å². The highest BCUT2D eigenvalue weighted by Crippen LogP contribution is 2.21. The summed E-state index contributed by atoms with van der Waals surface area (Å²) in [6.07, 6.45) is 0.550. The van der Waals surface area contributed by atoms with Crippen LogP contribution in [0.4, 0.5) is 5.69 Å². The number of anilines is 1. The Morgan fingerprint density at radius 2 is 1.79 bits per heavy atom. The number of para-hydroxylation sites is 1.